The molecule has 0 aliphatic carbocycles. The monoisotopic (exact) mass is 816 g/mol. The van der Waals surface area contributed by atoms with E-state index in [0.29, 0.717) is 11.3 Å². The molecule has 7 rings (SSSR count). The van der Waals surface area contributed by atoms with Crippen molar-refractivity contribution in [2.75, 3.05) is 0 Å². The van der Waals surface area contributed by atoms with Crippen LogP contribution in [0.1, 0.15) is 36.1 Å². The van der Waals surface area contributed by atoms with Gasteiger partial charge >= 0.3 is 0 Å². The molecular weight excluding hydrogens is 780 g/mol. The first kappa shape index (κ1) is 33.8. The summed E-state index contributed by atoms with van der Waals surface area (Å²) in [5, 5.41) is 11.5. The molecule has 2 heterocycles. The van der Waals surface area contributed by atoms with Gasteiger partial charge in [0.2, 0.25) is 0 Å². The topological polar surface area (TPSA) is 46.0 Å². The van der Waals surface area contributed by atoms with Gasteiger partial charge in [-0.15, -0.1) is 24.3 Å². The van der Waals surface area contributed by atoms with Gasteiger partial charge in [-0.05, 0) is 82.6 Å². The van der Waals surface area contributed by atoms with E-state index in [9.17, 15) is 5.11 Å². The third-order valence-corrected chi connectivity index (χ3v) is 9.30. The molecule has 0 unspecified atom stereocenters. The van der Waals surface area contributed by atoms with E-state index in [0.717, 1.165) is 44.8 Å². The molecule has 49 heavy (non-hydrogen) atoms. The molecule has 0 saturated heterocycles. The number of benzene rings is 5. The molecule has 3 nitrogen and oxygen atoms in total. The predicted octanol–water partition coefficient (Wildman–Crippen LogP) is 11.3. The van der Waals surface area contributed by atoms with Gasteiger partial charge in [-0.1, -0.05) is 122 Å². The fourth-order valence-electron chi connectivity index (χ4n) is 6.53. The van der Waals surface area contributed by atoms with Crippen LogP contribution in [0.4, 0.5) is 0 Å². The number of hydrogen-bond acceptors (Lipinski definition) is 3. The predicted molar refractivity (Wildman–Crippen MR) is 198 cm³/mol. The van der Waals surface area contributed by atoms with Gasteiger partial charge in [-0.2, -0.15) is 0 Å². The maximum absolute atomic E-state index is 11.5. The van der Waals surface area contributed by atoms with Crippen LogP contribution in [0.5, 0.6) is 5.75 Å². The van der Waals surface area contributed by atoms with E-state index in [1.807, 2.05) is 60.8 Å². The van der Waals surface area contributed by atoms with Crippen molar-refractivity contribution in [2.45, 2.75) is 33.1 Å². The molecule has 0 aliphatic rings. The molecule has 0 fully saturated rings. The third kappa shape index (κ3) is 6.91. The Bertz CT molecular complexity index is 2220. The van der Waals surface area contributed by atoms with Gasteiger partial charge in [-0.3, -0.25) is 9.97 Å². The molecule has 0 spiro atoms. The molecule has 2 aromatic heterocycles. The minimum atomic E-state index is -0.277. The zero-order valence-corrected chi connectivity index (χ0v) is 30.3. The molecule has 4 heteroatoms. The number of nitrogens with zero attached hydrogens (tertiary/aromatic N) is 2. The van der Waals surface area contributed by atoms with Gasteiger partial charge in [0, 0.05) is 49.6 Å². The number of pyridine rings is 2. The van der Waals surface area contributed by atoms with Gasteiger partial charge in [-0.25, -0.2) is 0 Å². The van der Waals surface area contributed by atoms with Crippen LogP contribution >= 0.6 is 0 Å². The summed E-state index contributed by atoms with van der Waals surface area (Å²) >= 11 is 0. The number of aryl methyl sites for hydroxylation is 2. The quantitative estimate of drug-likeness (QED) is 0.163. The summed E-state index contributed by atoms with van der Waals surface area (Å²) in [4.78, 5) is 9.86. The average molecular weight is 817 g/mol. The molecule has 5 aromatic carbocycles. The summed E-state index contributed by atoms with van der Waals surface area (Å²) in [6.45, 7) is 8.65. The fraction of sp³-hybridized carbons (Fsp3) is 0.111. The molecule has 0 aliphatic heterocycles. The SMILES string of the molecule is Cc1cccc(C)c1-c1ccnc(-c2[c-]c(-c3cc(-c4ccccc4)cc(-c4ccc(C(C)(C)c5ccccc5)cc4O)n3)ccc2)c1.[Pt]. The van der Waals surface area contributed by atoms with E-state index >= 15 is 0 Å². The van der Waals surface area contributed by atoms with Gasteiger partial charge in [0.1, 0.15) is 5.75 Å². The second-order valence-electron chi connectivity index (χ2n) is 12.9. The van der Waals surface area contributed by atoms with E-state index in [4.69, 9.17) is 9.97 Å². The summed E-state index contributed by atoms with van der Waals surface area (Å²) in [5.41, 5.74) is 13.6. The van der Waals surface area contributed by atoms with Gasteiger partial charge in [0.05, 0.1) is 5.69 Å². The zero-order valence-electron chi connectivity index (χ0n) is 28.0. The standard InChI is InChI=1S/C45H37N2O.Pt/c1-30-13-11-14-31(2)44(30)35-23-24-46-40(26-35)33-17-12-18-34(25-33)41-27-36(32-15-7-5-8-16-32)28-42(47-41)39-22-21-38(29-43(39)48)45(3,4)37-19-9-6-10-20-37;/h5-24,26-29,48H,1-4H3;/q-1;. The minimum absolute atomic E-state index is 0. The van der Waals surface area contributed by atoms with Crippen LogP contribution < -0.4 is 0 Å². The van der Waals surface area contributed by atoms with Crippen LogP contribution in [0.2, 0.25) is 0 Å². The van der Waals surface area contributed by atoms with E-state index in [-0.39, 0.29) is 32.2 Å². The smallest absolute Gasteiger partial charge is 0.125 e. The van der Waals surface area contributed by atoms with Crippen molar-refractivity contribution < 1.29 is 26.2 Å². The molecular formula is C45H37N2OPt-. The first-order valence-corrected chi connectivity index (χ1v) is 16.3. The summed E-state index contributed by atoms with van der Waals surface area (Å²) in [7, 11) is 0. The van der Waals surface area contributed by atoms with Crippen LogP contribution in [0.3, 0.4) is 0 Å². The Morgan fingerprint density at radius 3 is 1.86 bits per heavy atom. The molecule has 0 radical (unpaired) electrons. The molecule has 1 N–H and O–H groups in total. The Morgan fingerprint density at radius 1 is 0.551 bits per heavy atom. The van der Waals surface area contributed by atoms with Crippen LogP contribution in [0.25, 0.3) is 56.0 Å². The van der Waals surface area contributed by atoms with Crippen LogP contribution in [0.15, 0.2) is 146 Å². The Kier molecular flexibility index (Phi) is 9.76. The van der Waals surface area contributed by atoms with Crippen molar-refractivity contribution in [3.63, 3.8) is 0 Å². The second-order valence-corrected chi connectivity index (χ2v) is 12.9. The molecule has 0 atom stereocenters. The maximum atomic E-state index is 11.5. The number of phenols is 1. The van der Waals surface area contributed by atoms with E-state index in [1.165, 1.54) is 22.3 Å². The summed E-state index contributed by atoms with van der Waals surface area (Å²) < 4.78 is 0. The van der Waals surface area contributed by atoms with Gasteiger partial charge in [0.25, 0.3) is 0 Å². The van der Waals surface area contributed by atoms with Crippen LogP contribution in [-0.2, 0) is 26.5 Å². The third-order valence-electron chi connectivity index (χ3n) is 9.30. The van der Waals surface area contributed by atoms with E-state index in [1.54, 1.807) is 0 Å². The number of aromatic nitrogens is 2. The summed E-state index contributed by atoms with van der Waals surface area (Å²) in [6, 6.07) is 51.1. The molecule has 0 bridgehead atoms. The Hall–Kier alpha value is -5.11. The number of phenolic OH excluding ortho intramolecular Hbond substituents is 1. The maximum Gasteiger partial charge on any atom is 0.125 e. The number of rotatable bonds is 7. The van der Waals surface area contributed by atoms with E-state index < -0.39 is 0 Å². The molecule has 244 valence electrons. The molecule has 0 amide bonds. The van der Waals surface area contributed by atoms with Crippen molar-refractivity contribution in [3.8, 4) is 61.8 Å². The molecule has 0 saturated carbocycles. The first-order valence-electron chi connectivity index (χ1n) is 16.3. The normalized spacial score (nSPS) is 11.2. The van der Waals surface area contributed by atoms with Crippen molar-refractivity contribution in [1.82, 2.24) is 9.97 Å². The van der Waals surface area contributed by atoms with Crippen LogP contribution in [-0.4, -0.2) is 15.1 Å². The van der Waals surface area contributed by atoms with Gasteiger partial charge < -0.3 is 5.11 Å². The van der Waals surface area contributed by atoms with Crippen molar-refractivity contribution >= 4 is 0 Å². The first-order chi connectivity index (χ1) is 23.3. The Balaban J connectivity index is 0.00000417. The molecule has 7 aromatic rings. The van der Waals surface area contributed by atoms with Crippen molar-refractivity contribution in [3.05, 3.63) is 174 Å². The Labute approximate surface area is 303 Å². The van der Waals surface area contributed by atoms with Crippen molar-refractivity contribution in [1.29, 1.82) is 0 Å². The summed E-state index contributed by atoms with van der Waals surface area (Å²) in [6.07, 6.45) is 1.87. The zero-order chi connectivity index (χ0) is 33.3. The number of hydrogen-bond donors (Lipinski definition) is 1. The summed E-state index contributed by atoms with van der Waals surface area (Å²) in [5.74, 6) is 0.199. The Morgan fingerprint density at radius 2 is 1.16 bits per heavy atom. The largest absolute Gasteiger partial charge is 0.507 e. The average Bonchev–Trinajstić information content (AvgIpc) is 3.12. The second kappa shape index (κ2) is 14.2. The van der Waals surface area contributed by atoms with Crippen LogP contribution in [0, 0.1) is 19.9 Å². The van der Waals surface area contributed by atoms with Crippen molar-refractivity contribution in [2.24, 2.45) is 0 Å². The van der Waals surface area contributed by atoms with Gasteiger partial charge in [0.15, 0.2) is 0 Å². The fourth-order valence-corrected chi connectivity index (χ4v) is 6.53. The van der Waals surface area contributed by atoms with E-state index in [2.05, 4.69) is 119 Å². The minimum Gasteiger partial charge on any atom is -0.507 e. The number of aromatic hydroxyl groups is 1.